The highest BCUT2D eigenvalue weighted by Crippen LogP contribution is 2.10. The smallest absolute Gasteiger partial charge is 0.170 e. The van der Waals surface area contributed by atoms with E-state index in [1.54, 1.807) is 24.3 Å². The fourth-order valence-electron chi connectivity index (χ4n) is 1.69. The molecule has 2 rings (SSSR count). The molecule has 0 aromatic heterocycles. The van der Waals surface area contributed by atoms with Crippen LogP contribution < -0.4 is 10.6 Å². The van der Waals surface area contributed by atoms with Gasteiger partial charge in [0.2, 0.25) is 0 Å². The van der Waals surface area contributed by atoms with Crippen molar-refractivity contribution >= 4 is 23.0 Å². The predicted octanol–water partition coefficient (Wildman–Crippen LogP) is 3.06. The number of anilines is 1. The van der Waals surface area contributed by atoms with Gasteiger partial charge in [-0.2, -0.15) is 0 Å². The number of hydrogen-bond donors (Lipinski definition) is 3. The summed E-state index contributed by atoms with van der Waals surface area (Å²) in [5.41, 5.74) is 1.86. The van der Waals surface area contributed by atoms with Crippen molar-refractivity contribution in [2.75, 3.05) is 11.9 Å². The summed E-state index contributed by atoms with van der Waals surface area (Å²) in [4.78, 5) is 0. The van der Waals surface area contributed by atoms with Crippen LogP contribution in [0.1, 0.15) is 5.56 Å². The third-order valence-corrected chi connectivity index (χ3v) is 2.98. The van der Waals surface area contributed by atoms with E-state index in [0.717, 1.165) is 17.7 Å². The van der Waals surface area contributed by atoms with E-state index in [1.165, 1.54) is 12.1 Å². The predicted molar refractivity (Wildman–Crippen MR) is 82.4 cm³/mol. The minimum Gasteiger partial charge on any atom is -0.508 e. The Hall–Kier alpha value is -2.14. The zero-order valence-corrected chi connectivity index (χ0v) is 11.6. The van der Waals surface area contributed by atoms with Gasteiger partial charge in [0.25, 0.3) is 0 Å². The first-order valence-corrected chi connectivity index (χ1v) is 6.62. The molecule has 0 saturated carbocycles. The molecule has 0 fully saturated rings. The fraction of sp³-hybridized carbons (Fsp3) is 0.133. The Kier molecular flexibility index (Phi) is 4.90. The van der Waals surface area contributed by atoms with E-state index in [-0.39, 0.29) is 11.6 Å². The van der Waals surface area contributed by atoms with E-state index < -0.39 is 0 Å². The van der Waals surface area contributed by atoms with Crippen LogP contribution in [0.3, 0.4) is 0 Å². The van der Waals surface area contributed by atoms with Crippen LogP contribution in [0, 0.1) is 5.82 Å². The average Bonchev–Trinajstić information content (AvgIpc) is 2.44. The normalized spacial score (nSPS) is 10.1. The van der Waals surface area contributed by atoms with Crippen LogP contribution in [0.4, 0.5) is 10.1 Å². The summed E-state index contributed by atoms with van der Waals surface area (Å²) in [5, 5.41) is 15.7. The van der Waals surface area contributed by atoms with Gasteiger partial charge < -0.3 is 15.7 Å². The number of thiocarbonyl (C=S) groups is 1. The molecule has 0 aliphatic heterocycles. The lowest BCUT2D eigenvalue weighted by Gasteiger charge is -2.10. The van der Waals surface area contributed by atoms with E-state index in [4.69, 9.17) is 12.2 Å². The van der Waals surface area contributed by atoms with Crippen LogP contribution in [-0.4, -0.2) is 16.8 Å². The number of phenols is 1. The van der Waals surface area contributed by atoms with Gasteiger partial charge in [0.05, 0.1) is 0 Å². The summed E-state index contributed by atoms with van der Waals surface area (Å²) in [6, 6.07) is 13.1. The van der Waals surface area contributed by atoms with Crippen LogP contribution in [0.5, 0.6) is 5.75 Å². The Morgan fingerprint density at radius 3 is 2.35 bits per heavy atom. The minimum atomic E-state index is -0.276. The first-order valence-electron chi connectivity index (χ1n) is 6.22. The number of benzene rings is 2. The van der Waals surface area contributed by atoms with Crippen molar-refractivity contribution in [2.45, 2.75) is 6.42 Å². The third-order valence-electron chi connectivity index (χ3n) is 2.74. The molecule has 0 atom stereocenters. The zero-order chi connectivity index (χ0) is 14.4. The summed E-state index contributed by atoms with van der Waals surface area (Å²) in [7, 11) is 0. The van der Waals surface area contributed by atoms with E-state index in [1.807, 2.05) is 12.1 Å². The molecule has 2 aromatic rings. The van der Waals surface area contributed by atoms with Gasteiger partial charge in [-0.05, 0) is 60.6 Å². The van der Waals surface area contributed by atoms with Crippen molar-refractivity contribution in [3.8, 4) is 5.75 Å². The molecule has 3 N–H and O–H groups in total. The maximum Gasteiger partial charge on any atom is 0.170 e. The second-order valence-electron chi connectivity index (χ2n) is 4.30. The minimum absolute atomic E-state index is 0.259. The van der Waals surface area contributed by atoms with E-state index in [9.17, 15) is 9.50 Å². The third kappa shape index (κ3) is 4.51. The van der Waals surface area contributed by atoms with Gasteiger partial charge in [-0.25, -0.2) is 4.39 Å². The second-order valence-corrected chi connectivity index (χ2v) is 4.71. The lowest BCUT2D eigenvalue weighted by molar-refractivity contribution is 0.475. The Morgan fingerprint density at radius 2 is 1.70 bits per heavy atom. The molecule has 0 saturated heterocycles. The summed E-state index contributed by atoms with van der Waals surface area (Å²) in [6.45, 7) is 0.678. The van der Waals surface area contributed by atoms with E-state index in [2.05, 4.69) is 10.6 Å². The number of hydrogen-bond acceptors (Lipinski definition) is 2. The number of halogens is 1. The zero-order valence-electron chi connectivity index (χ0n) is 10.8. The first-order chi connectivity index (χ1) is 9.63. The van der Waals surface area contributed by atoms with Gasteiger partial charge in [-0.1, -0.05) is 12.1 Å². The fourth-order valence-corrected chi connectivity index (χ4v) is 1.91. The Balaban J connectivity index is 1.75. The summed E-state index contributed by atoms with van der Waals surface area (Å²) < 4.78 is 12.7. The number of aromatic hydroxyl groups is 1. The molecule has 0 amide bonds. The van der Waals surface area contributed by atoms with Gasteiger partial charge in [0.15, 0.2) is 5.11 Å². The average molecular weight is 290 g/mol. The highest BCUT2D eigenvalue weighted by atomic mass is 32.1. The van der Waals surface area contributed by atoms with Crippen molar-refractivity contribution in [2.24, 2.45) is 0 Å². The maximum atomic E-state index is 12.7. The molecule has 3 nitrogen and oxygen atoms in total. The van der Waals surface area contributed by atoms with Crippen LogP contribution in [0.15, 0.2) is 48.5 Å². The molecule has 0 heterocycles. The molecule has 0 aliphatic rings. The van der Waals surface area contributed by atoms with E-state index in [0.29, 0.717) is 11.7 Å². The first kappa shape index (κ1) is 14.3. The SMILES string of the molecule is Oc1ccc(CCNC(=S)Nc2ccc(F)cc2)cc1. The Bertz CT molecular complexity index is 569. The van der Waals surface area contributed by atoms with Gasteiger partial charge in [0, 0.05) is 12.2 Å². The molecule has 0 radical (unpaired) electrons. The Labute approximate surface area is 122 Å². The molecule has 5 heteroatoms. The highest BCUT2D eigenvalue weighted by molar-refractivity contribution is 7.80. The van der Waals surface area contributed by atoms with Crippen molar-refractivity contribution in [1.82, 2.24) is 5.32 Å². The molecule has 104 valence electrons. The monoisotopic (exact) mass is 290 g/mol. The van der Waals surface area contributed by atoms with Gasteiger partial charge >= 0.3 is 0 Å². The van der Waals surface area contributed by atoms with Crippen LogP contribution in [0.25, 0.3) is 0 Å². The molecular formula is C15H15FN2OS. The van der Waals surface area contributed by atoms with E-state index >= 15 is 0 Å². The number of rotatable bonds is 4. The largest absolute Gasteiger partial charge is 0.508 e. The molecule has 0 spiro atoms. The van der Waals surface area contributed by atoms with Crippen LogP contribution in [0.2, 0.25) is 0 Å². The molecule has 0 bridgehead atoms. The molecule has 2 aromatic carbocycles. The molecule has 20 heavy (non-hydrogen) atoms. The van der Waals surface area contributed by atoms with Crippen molar-refractivity contribution in [3.63, 3.8) is 0 Å². The number of phenolic OH excluding ortho intramolecular Hbond substituents is 1. The molecular weight excluding hydrogens is 275 g/mol. The summed E-state index contributed by atoms with van der Waals surface area (Å²) in [5.74, 6) is -0.0167. The lowest BCUT2D eigenvalue weighted by Crippen LogP contribution is -2.30. The summed E-state index contributed by atoms with van der Waals surface area (Å²) in [6.07, 6.45) is 0.797. The van der Waals surface area contributed by atoms with Gasteiger partial charge in [-0.15, -0.1) is 0 Å². The molecule has 0 unspecified atom stereocenters. The standard InChI is InChI=1S/C15H15FN2OS/c16-12-3-5-13(6-4-12)18-15(20)17-10-9-11-1-7-14(19)8-2-11/h1-8,19H,9-10H2,(H2,17,18,20). The summed E-state index contributed by atoms with van der Waals surface area (Å²) >= 11 is 5.15. The second kappa shape index (κ2) is 6.86. The Morgan fingerprint density at radius 1 is 1.05 bits per heavy atom. The van der Waals surface area contributed by atoms with Crippen molar-refractivity contribution < 1.29 is 9.50 Å². The van der Waals surface area contributed by atoms with Crippen LogP contribution in [-0.2, 0) is 6.42 Å². The van der Waals surface area contributed by atoms with Gasteiger partial charge in [-0.3, -0.25) is 0 Å². The molecule has 0 aliphatic carbocycles. The van der Waals surface area contributed by atoms with Crippen molar-refractivity contribution in [3.05, 3.63) is 59.9 Å². The maximum absolute atomic E-state index is 12.7. The lowest BCUT2D eigenvalue weighted by atomic mass is 10.1. The number of nitrogens with one attached hydrogen (secondary N) is 2. The van der Waals surface area contributed by atoms with Crippen molar-refractivity contribution in [1.29, 1.82) is 0 Å². The topological polar surface area (TPSA) is 44.3 Å². The highest BCUT2D eigenvalue weighted by Gasteiger charge is 1.98. The van der Waals surface area contributed by atoms with Crippen LogP contribution >= 0.6 is 12.2 Å². The van der Waals surface area contributed by atoms with Gasteiger partial charge in [0.1, 0.15) is 11.6 Å². The quantitative estimate of drug-likeness (QED) is 0.757.